The third-order valence-corrected chi connectivity index (χ3v) is 6.17. The van der Waals surface area contributed by atoms with Crippen molar-refractivity contribution in [2.75, 3.05) is 26.8 Å². The van der Waals surface area contributed by atoms with Gasteiger partial charge in [0.05, 0.1) is 16.6 Å². The summed E-state index contributed by atoms with van der Waals surface area (Å²) >= 11 is 0. The SMILES string of the molecule is CO[C@H]1CCOC2(C1)CN(S(=O)(=O)c1ccc(C)cc1)C2. The van der Waals surface area contributed by atoms with Crippen molar-refractivity contribution >= 4 is 10.0 Å². The molecule has 0 unspecified atom stereocenters. The van der Waals surface area contributed by atoms with Crippen LogP contribution in [0.3, 0.4) is 0 Å². The topological polar surface area (TPSA) is 55.8 Å². The van der Waals surface area contributed by atoms with Gasteiger partial charge in [0.15, 0.2) is 0 Å². The molecule has 21 heavy (non-hydrogen) atoms. The molecule has 2 saturated heterocycles. The number of ether oxygens (including phenoxy) is 2. The zero-order chi connectivity index (χ0) is 15.1. The van der Waals surface area contributed by atoms with Crippen LogP contribution in [0.5, 0.6) is 0 Å². The fourth-order valence-electron chi connectivity index (χ4n) is 3.03. The lowest BCUT2D eigenvalue weighted by molar-refractivity contribution is -0.173. The molecule has 2 heterocycles. The number of methoxy groups -OCH3 is 1. The predicted molar refractivity (Wildman–Crippen MR) is 78.7 cm³/mol. The molecular formula is C15H21NO4S. The van der Waals surface area contributed by atoms with Crippen molar-refractivity contribution < 1.29 is 17.9 Å². The van der Waals surface area contributed by atoms with Crippen molar-refractivity contribution in [1.82, 2.24) is 4.31 Å². The molecule has 2 aliphatic rings. The zero-order valence-electron chi connectivity index (χ0n) is 12.4. The van der Waals surface area contributed by atoms with Crippen LogP contribution in [0.2, 0.25) is 0 Å². The van der Waals surface area contributed by atoms with E-state index in [1.165, 1.54) is 4.31 Å². The summed E-state index contributed by atoms with van der Waals surface area (Å²) < 4.78 is 37.8. The van der Waals surface area contributed by atoms with Crippen molar-refractivity contribution in [3.8, 4) is 0 Å². The van der Waals surface area contributed by atoms with Crippen molar-refractivity contribution in [3.05, 3.63) is 29.8 Å². The Morgan fingerprint density at radius 2 is 1.95 bits per heavy atom. The maximum Gasteiger partial charge on any atom is 0.243 e. The Bertz CT molecular complexity index is 605. The highest BCUT2D eigenvalue weighted by molar-refractivity contribution is 7.89. The first kappa shape index (κ1) is 15.0. The molecule has 0 amide bonds. The quantitative estimate of drug-likeness (QED) is 0.850. The fourth-order valence-corrected chi connectivity index (χ4v) is 4.62. The third-order valence-electron chi connectivity index (χ3n) is 4.37. The lowest BCUT2D eigenvalue weighted by Gasteiger charge is -2.51. The van der Waals surface area contributed by atoms with Crippen LogP contribution in [0.15, 0.2) is 29.2 Å². The van der Waals surface area contributed by atoms with Gasteiger partial charge in [-0.2, -0.15) is 4.31 Å². The van der Waals surface area contributed by atoms with E-state index >= 15 is 0 Å². The standard InChI is InChI=1S/C15H21NO4S/c1-12-3-5-14(6-4-12)21(17,18)16-10-15(11-16)9-13(19-2)7-8-20-15/h3-6,13H,7-11H2,1-2H3/t13-/m0/s1. The van der Waals surface area contributed by atoms with E-state index in [4.69, 9.17) is 9.47 Å². The van der Waals surface area contributed by atoms with E-state index in [9.17, 15) is 8.42 Å². The number of hydrogen-bond acceptors (Lipinski definition) is 4. The van der Waals surface area contributed by atoms with E-state index in [1.54, 1.807) is 19.2 Å². The van der Waals surface area contributed by atoms with E-state index in [2.05, 4.69) is 0 Å². The minimum Gasteiger partial charge on any atom is -0.381 e. The second kappa shape index (κ2) is 5.35. The van der Waals surface area contributed by atoms with Gasteiger partial charge in [-0.05, 0) is 25.5 Å². The number of nitrogens with zero attached hydrogens (tertiary/aromatic N) is 1. The molecule has 1 aromatic carbocycles. The first-order valence-electron chi connectivity index (χ1n) is 7.19. The number of sulfonamides is 1. The van der Waals surface area contributed by atoms with E-state index in [0.29, 0.717) is 24.6 Å². The van der Waals surface area contributed by atoms with Crippen molar-refractivity contribution in [3.63, 3.8) is 0 Å². The van der Waals surface area contributed by atoms with Crippen LogP contribution in [0, 0.1) is 6.92 Å². The van der Waals surface area contributed by atoms with Gasteiger partial charge in [0, 0.05) is 33.2 Å². The van der Waals surface area contributed by atoms with Gasteiger partial charge in [-0.15, -0.1) is 0 Å². The molecular weight excluding hydrogens is 290 g/mol. The average molecular weight is 311 g/mol. The number of aryl methyl sites for hydroxylation is 1. The molecule has 0 radical (unpaired) electrons. The summed E-state index contributed by atoms with van der Waals surface area (Å²) in [6.07, 6.45) is 1.81. The summed E-state index contributed by atoms with van der Waals surface area (Å²) in [5.74, 6) is 0. The van der Waals surface area contributed by atoms with E-state index in [0.717, 1.165) is 18.4 Å². The summed E-state index contributed by atoms with van der Waals surface area (Å²) in [6.45, 7) is 3.42. The lowest BCUT2D eigenvalue weighted by atomic mass is 9.86. The number of rotatable bonds is 3. The Morgan fingerprint density at radius 1 is 1.29 bits per heavy atom. The van der Waals surface area contributed by atoms with Crippen LogP contribution in [-0.2, 0) is 19.5 Å². The van der Waals surface area contributed by atoms with Crippen molar-refractivity contribution in [2.24, 2.45) is 0 Å². The van der Waals surface area contributed by atoms with Gasteiger partial charge in [0.25, 0.3) is 0 Å². The van der Waals surface area contributed by atoms with Crippen LogP contribution < -0.4 is 0 Å². The Morgan fingerprint density at radius 3 is 2.57 bits per heavy atom. The van der Waals surface area contributed by atoms with Crippen LogP contribution in [0.1, 0.15) is 18.4 Å². The molecule has 3 rings (SSSR count). The summed E-state index contributed by atoms with van der Waals surface area (Å²) in [5, 5.41) is 0. The van der Waals surface area contributed by atoms with Gasteiger partial charge in [-0.25, -0.2) is 8.42 Å². The van der Waals surface area contributed by atoms with Crippen LogP contribution in [0.4, 0.5) is 0 Å². The maximum absolute atomic E-state index is 12.5. The molecule has 0 aromatic heterocycles. The summed E-state index contributed by atoms with van der Waals surface area (Å²) in [5.41, 5.74) is 0.698. The number of hydrogen-bond donors (Lipinski definition) is 0. The molecule has 6 heteroatoms. The highest BCUT2D eigenvalue weighted by Crippen LogP contribution is 2.38. The van der Waals surface area contributed by atoms with Gasteiger partial charge in [-0.3, -0.25) is 0 Å². The molecule has 2 fully saturated rings. The lowest BCUT2D eigenvalue weighted by Crippen LogP contribution is -2.67. The Labute approximate surface area is 125 Å². The maximum atomic E-state index is 12.5. The van der Waals surface area contributed by atoms with Gasteiger partial charge in [0.2, 0.25) is 10.0 Å². The second-order valence-electron chi connectivity index (χ2n) is 5.97. The molecule has 0 bridgehead atoms. The Balaban J connectivity index is 1.71. The molecule has 2 aliphatic heterocycles. The van der Waals surface area contributed by atoms with Gasteiger partial charge < -0.3 is 9.47 Å². The van der Waals surface area contributed by atoms with Crippen LogP contribution in [0.25, 0.3) is 0 Å². The van der Waals surface area contributed by atoms with Crippen molar-refractivity contribution in [1.29, 1.82) is 0 Å². The second-order valence-corrected chi connectivity index (χ2v) is 7.91. The van der Waals surface area contributed by atoms with E-state index in [1.807, 2.05) is 19.1 Å². The molecule has 0 aliphatic carbocycles. The predicted octanol–water partition coefficient (Wildman–Crippen LogP) is 1.56. The smallest absolute Gasteiger partial charge is 0.243 e. The molecule has 0 saturated carbocycles. The highest BCUT2D eigenvalue weighted by atomic mass is 32.2. The Kier molecular flexibility index (Phi) is 3.81. The molecule has 1 spiro atoms. The van der Waals surface area contributed by atoms with Crippen LogP contribution in [-0.4, -0.2) is 51.2 Å². The average Bonchev–Trinajstić information content (AvgIpc) is 2.45. The molecule has 5 nitrogen and oxygen atoms in total. The highest BCUT2D eigenvalue weighted by Gasteiger charge is 2.52. The summed E-state index contributed by atoms with van der Waals surface area (Å²) in [4.78, 5) is 0.349. The molecule has 1 atom stereocenters. The molecule has 1 aromatic rings. The van der Waals surface area contributed by atoms with Crippen LogP contribution >= 0.6 is 0 Å². The monoisotopic (exact) mass is 311 g/mol. The minimum atomic E-state index is -3.41. The zero-order valence-corrected chi connectivity index (χ0v) is 13.2. The Hall–Kier alpha value is -0.950. The van der Waals surface area contributed by atoms with Gasteiger partial charge in [-0.1, -0.05) is 17.7 Å². The van der Waals surface area contributed by atoms with E-state index in [-0.39, 0.29) is 11.7 Å². The summed E-state index contributed by atoms with van der Waals surface area (Å²) in [6, 6.07) is 6.96. The normalized spacial score (nSPS) is 25.7. The largest absolute Gasteiger partial charge is 0.381 e. The minimum absolute atomic E-state index is 0.169. The van der Waals surface area contributed by atoms with E-state index < -0.39 is 10.0 Å². The van der Waals surface area contributed by atoms with Gasteiger partial charge >= 0.3 is 0 Å². The molecule has 116 valence electrons. The fraction of sp³-hybridized carbons (Fsp3) is 0.600. The summed E-state index contributed by atoms with van der Waals surface area (Å²) in [7, 11) is -1.71. The third kappa shape index (κ3) is 2.73. The first-order chi connectivity index (χ1) is 9.95. The molecule has 0 N–H and O–H groups in total. The number of benzene rings is 1. The first-order valence-corrected chi connectivity index (χ1v) is 8.63. The van der Waals surface area contributed by atoms with Gasteiger partial charge in [0.1, 0.15) is 0 Å². The van der Waals surface area contributed by atoms with Crippen molar-refractivity contribution in [2.45, 2.75) is 36.4 Å².